The highest BCUT2D eigenvalue weighted by Gasteiger charge is 2.28. The Morgan fingerprint density at radius 3 is 2.95 bits per heavy atom. The molecule has 0 bridgehead atoms. The third kappa shape index (κ3) is 2.25. The second-order valence-corrected chi connectivity index (χ2v) is 7.76. The molecule has 22 heavy (non-hydrogen) atoms. The number of likely N-dealkylation sites (N-methyl/N-ethyl adjacent to an activating group) is 1. The molecule has 6 heteroatoms. The molecule has 2 aromatic heterocycles. The van der Waals surface area contributed by atoms with Crippen molar-refractivity contribution in [3.05, 3.63) is 10.4 Å². The van der Waals surface area contributed by atoms with E-state index in [1.807, 2.05) is 18.4 Å². The van der Waals surface area contributed by atoms with Crippen molar-refractivity contribution in [1.82, 2.24) is 15.3 Å². The van der Waals surface area contributed by atoms with Crippen LogP contribution < -0.4 is 16.0 Å². The highest BCUT2D eigenvalue weighted by atomic mass is 32.1. The van der Waals surface area contributed by atoms with Gasteiger partial charge in [-0.2, -0.15) is 4.98 Å². The number of aryl methyl sites for hydroxylation is 1. The number of hydrogen-bond donors (Lipinski definition) is 2. The number of fused-ring (bicyclic) bond motifs is 3. The van der Waals surface area contributed by atoms with Gasteiger partial charge in [0, 0.05) is 24.0 Å². The Morgan fingerprint density at radius 2 is 2.18 bits per heavy atom. The minimum atomic E-state index is 0.411. The van der Waals surface area contributed by atoms with E-state index in [0.29, 0.717) is 12.0 Å². The lowest BCUT2D eigenvalue weighted by Crippen LogP contribution is -2.30. The Labute approximate surface area is 134 Å². The molecule has 1 unspecified atom stereocenters. The monoisotopic (exact) mass is 317 g/mol. The van der Waals surface area contributed by atoms with Gasteiger partial charge in [-0.15, -0.1) is 11.3 Å². The highest BCUT2D eigenvalue weighted by Crippen LogP contribution is 2.41. The molecule has 0 spiro atoms. The van der Waals surface area contributed by atoms with Crippen molar-refractivity contribution in [3.8, 4) is 0 Å². The van der Waals surface area contributed by atoms with Crippen molar-refractivity contribution in [2.24, 2.45) is 5.92 Å². The van der Waals surface area contributed by atoms with Gasteiger partial charge in [-0.1, -0.05) is 6.92 Å². The first-order valence-electron chi connectivity index (χ1n) is 8.15. The van der Waals surface area contributed by atoms with E-state index in [1.165, 1.54) is 28.0 Å². The summed E-state index contributed by atoms with van der Waals surface area (Å²) in [5.74, 6) is 2.20. The maximum absolute atomic E-state index is 6.03. The number of thiophene rings is 1. The molecule has 4 rings (SSSR count). The number of nitrogens with two attached hydrogens (primary N) is 1. The van der Waals surface area contributed by atoms with Gasteiger partial charge in [0.05, 0.1) is 10.2 Å². The summed E-state index contributed by atoms with van der Waals surface area (Å²) < 4.78 is 1.24. The van der Waals surface area contributed by atoms with Crippen LogP contribution in [0.15, 0.2) is 0 Å². The Kier molecular flexibility index (Phi) is 3.46. The number of anilines is 2. The van der Waals surface area contributed by atoms with Gasteiger partial charge in [0.15, 0.2) is 5.82 Å². The van der Waals surface area contributed by atoms with Gasteiger partial charge < -0.3 is 16.0 Å². The second-order valence-electron chi connectivity index (χ2n) is 6.66. The van der Waals surface area contributed by atoms with Gasteiger partial charge in [0.2, 0.25) is 5.95 Å². The molecule has 3 N–H and O–H groups in total. The van der Waals surface area contributed by atoms with Crippen LogP contribution >= 0.6 is 11.3 Å². The SMILES string of the molecule is CN[C@H]1CCN(c2nc(N)nc3c4c(sc23)CCC(C)C4)C1. The first-order chi connectivity index (χ1) is 10.7. The molecule has 1 aliphatic carbocycles. The Bertz CT molecular complexity index is 710. The summed E-state index contributed by atoms with van der Waals surface area (Å²) in [6, 6.07) is 0.542. The molecule has 2 atom stereocenters. The normalized spacial score (nSPS) is 24.9. The number of nitrogens with one attached hydrogen (secondary N) is 1. The predicted octanol–water partition coefficient (Wildman–Crippen LogP) is 2.20. The summed E-state index contributed by atoms with van der Waals surface area (Å²) >= 11 is 1.89. The van der Waals surface area contributed by atoms with Crippen LogP contribution in [0.5, 0.6) is 0 Å². The van der Waals surface area contributed by atoms with Gasteiger partial charge >= 0.3 is 0 Å². The van der Waals surface area contributed by atoms with Crippen molar-refractivity contribution in [3.63, 3.8) is 0 Å². The van der Waals surface area contributed by atoms with Gasteiger partial charge in [0.25, 0.3) is 0 Å². The molecule has 1 fully saturated rings. The standard InChI is InChI=1S/C16H23N5S/c1-9-3-4-12-11(7-9)13-14(22-12)15(20-16(17)19-13)21-6-5-10(8-21)18-2/h9-10,18H,3-8H2,1-2H3,(H2,17,19,20)/t9?,10-/m0/s1. The van der Waals surface area contributed by atoms with Gasteiger partial charge in [-0.3, -0.25) is 0 Å². The fraction of sp³-hybridized carbons (Fsp3) is 0.625. The quantitative estimate of drug-likeness (QED) is 0.889. The van der Waals surface area contributed by atoms with Gasteiger partial charge in [-0.25, -0.2) is 4.98 Å². The molecule has 5 nitrogen and oxygen atoms in total. The molecule has 2 aromatic rings. The molecule has 0 amide bonds. The van der Waals surface area contributed by atoms with Crippen LogP contribution in [-0.4, -0.2) is 36.1 Å². The maximum atomic E-state index is 6.03. The molecule has 118 valence electrons. The van der Waals surface area contributed by atoms with Crippen molar-refractivity contribution >= 4 is 33.3 Å². The zero-order chi connectivity index (χ0) is 15.3. The number of aromatic nitrogens is 2. The van der Waals surface area contributed by atoms with E-state index in [-0.39, 0.29) is 0 Å². The fourth-order valence-electron chi connectivity index (χ4n) is 3.71. The molecule has 1 saturated heterocycles. The van der Waals surface area contributed by atoms with Crippen LogP contribution in [0, 0.1) is 5.92 Å². The van der Waals surface area contributed by atoms with Crippen molar-refractivity contribution < 1.29 is 0 Å². The van der Waals surface area contributed by atoms with Gasteiger partial charge in [-0.05, 0) is 44.2 Å². The summed E-state index contributed by atoms with van der Waals surface area (Å²) in [6.07, 6.45) is 4.74. The minimum absolute atomic E-state index is 0.411. The molecule has 1 aliphatic heterocycles. The molecular weight excluding hydrogens is 294 g/mol. The number of hydrogen-bond acceptors (Lipinski definition) is 6. The van der Waals surface area contributed by atoms with E-state index < -0.39 is 0 Å². The smallest absolute Gasteiger partial charge is 0.222 e. The zero-order valence-electron chi connectivity index (χ0n) is 13.2. The van der Waals surface area contributed by atoms with Crippen LogP contribution in [0.1, 0.15) is 30.2 Å². The van der Waals surface area contributed by atoms with Gasteiger partial charge in [0.1, 0.15) is 0 Å². The summed E-state index contributed by atoms with van der Waals surface area (Å²) in [6.45, 7) is 4.37. The molecule has 2 aliphatic rings. The van der Waals surface area contributed by atoms with E-state index in [9.17, 15) is 0 Å². The summed E-state index contributed by atoms with van der Waals surface area (Å²) in [5, 5.41) is 3.37. The van der Waals surface area contributed by atoms with Crippen molar-refractivity contribution in [1.29, 1.82) is 0 Å². The van der Waals surface area contributed by atoms with Crippen LogP contribution in [0.2, 0.25) is 0 Å². The van der Waals surface area contributed by atoms with Crippen LogP contribution in [0.25, 0.3) is 10.2 Å². The zero-order valence-corrected chi connectivity index (χ0v) is 14.0. The molecular formula is C16H23N5S. The Hall–Kier alpha value is -1.40. The minimum Gasteiger partial charge on any atom is -0.368 e. The maximum Gasteiger partial charge on any atom is 0.222 e. The molecule has 0 aromatic carbocycles. The number of nitrogens with zero attached hydrogens (tertiary/aromatic N) is 3. The van der Waals surface area contributed by atoms with E-state index in [4.69, 9.17) is 5.73 Å². The molecule has 3 heterocycles. The average Bonchev–Trinajstić information content (AvgIpc) is 3.11. The third-order valence-corrected chi connectivity index (χ3v) is 6.30. The summed E-state index contributed by atoms with van der Waals surface area (Å²) in [5.41, 5.74) is 8.57. The topological polar surface area (TPSA) is 67.1 Å². The Morgan fingerprint density at radius 1 is 1.32 bits per heavy atom. The molecule has 0 radical (unpaired) electrons. The van der Waals surface area contributed by atoms with Crippen LogP contribution in [-0.2, 0) is 12.8 Å². The first kappa shape index (κ1) is 14.2. The van der Waals surface area contributed by atoms with Crippen molar-refractivity contribution in [2.75, 3.05) is 30.8 Å². The van der Waals surface area contributed by atoms with Crippen molar-refractivity contribution in [2.45, 2.75) is 38.6 Å². The number of rotatable bonds is 2. The van der Waals surface area contributed by atoms with E-state index in [2.05, 4.69) is 27.1 Å². The highest BCUT2D eigenvalue weighted by molar-refractivity contribution is 7.19. The lowest BCUT2D eigenvalue weighted by atomic mass is 9.89. The Balaban J connectivity index is 1.82. The fourth-order valence-corrected chi connectivity index (χ4v) is 5.01. The second kappa shape index (κ2) is 5.35. The lowest BCUT2D eigenvalue weighted by molar-refractivity contribution is 0.508. The lowest BCUT2D eigenvalue weighted by Gasteiger charge is -2.19. The third-order valence-electron chi connectivity index (χ3n) is 5.03. The first-order valence-corrected chi connectivity index (χ1v) is 8.97. The summed E-state index contributed by atoms with van der Waals surface area (Å²) in [4.78, 5) is 13.0. The average molecular weight is 317 g/mol. The van der Waals surface area contributed by atoms with E-state index in [0.717, 1.165) is 43.2 Å². The van der Waals surface area contributed by atoms with E-state index in [1.54, 1.807) is 0 Å². The molecule has 0 saturated carbocycles. The van der Waals surface area contributed by atoms with E-state index >= 15 is 0 Å². The van der Waals surface area contributed by atoms with Crippen LogP contribution in [0.3, 0.4) is 0 Å². The predicted molar refractivity (Wildman–Crippen MR) is 92.7 cm³/mol. The largest absolute Gasteiger partial charge is 0.368 e. The summed E-state index contributed by atoms with van der Waals surface area (Å²) in [7, 11) is 2.03. The van der Waals surface area contributed by atoms with Crippen LogP contribution in [0.4, 0.5) is 11.8 Å². The number of nitrogen functional groups attached to an aromatic ring is 1.